The highest BCUT2D eigenvalue weighted by molar-refractivity contribution is 6.12. The summed E-state index contributed by atoms with van der Waals surface area (Å²) >= 11 is 0. The molecule has 25 heavy (non-hydrogen) atoms. The number of Topliss-reactive ketones (excluding diaryl/α,β-unsaturated/α-hetero) is 1. The maximum atomic E-state index is 13.0. The zero-order valence-electron chi connectivity index (χ0n) is 14.3. The lowest BCUT2D eigenvalue weighted by Crippen LogP contribution is -2.40. The largest absolute Gasteiger partial charge is 0.306 e. The second-order valence-corrected chi connectivity index (χ2v) is 6.30. The molecule has 0 spiro atoms. The third kappa shape index (κ3) is 3.31. The van der Waals surface area contributed by atoms with E-state index in [1.165, 1.54) is 11.8 Å². The van der Waals surface area contributed by atoms with Gasteiger partial charge in [-0.15, -0.1) is 0 Å². The Hall–Kier alpha value is -2.95. The number of carbonyl (C=O) groups excluding carboxylic acids is 3. The Labute approximate surface area is 146 Å². The normalized spacial score (nSPS) is 17.0. The molecule has 0 saturated carbocycles. The second-order valence-electron chi connectivity index (χ2n) is 6.30. The van der Waals surface area contributed by atoms with Gasteiger partial charge in [0.05, 0.1) is 23.8 Å². The Morgan fingerprint density at radius 1 is 1.00 bits per heavy atom. The number of hydrogen-bond acceptors (Lipinski definition) is 3. The van der Waals surface area contributed by atoms with Gasteiger partial charge in [0.15, 0.2) is 0 Å². The summed E-state index contributed by atoms with van der Waals surface area (Å²) < 4.78 is 0. The van der Waals surface area contributed by atoms with Crippen LogP contribution in [0.15, 0.2) is 54.6 Å². The van der Waals surface area contributed by atoms with Crippen molar-refractivity contribution in [1.29, 1.82) is 0 Å². The number of carbonyl (C=O) groups is 3. The maximum absolute atomic E-state index is 13.0. The predicted molar refractivity (Wildman–Crippen MR) is 96.8 cm³/mol. The summed E-state index contributed by atoms with van der Waals surface area (Å²) in [7, 11) is 0. The van der Waals surface area contributed by atoms with Crippen LogP contribution in [0.2, 0.25) is 0 Å². The van der Waals surface area contributed by atoms with Crippen LogP contribution in [0.5, 0.6) is 0 Å². The van der Waals surface area contributed by atoms with Gasteiger partial charge in [-0.25, -0.2) is 0 Å². The monoisotopic (exact) mass is 336 g/mol. The van der Waals surface area contributed by atoms with Gasteiger partial charge in [-0.3, -0.25) is 14.4 Å². The summed E-state index contributed by atoms with van der Waals surface area (Å²) in [6.45, 7) is 3.52. The van der Waals surface area contributed by atoms with Gasteiger partial charge in [0.2, 0.25) is 5.91 Å². The first kappa shape index (κ1) is 16.9. The van der Waals surface area contributed by atoms with Crippen molar-refractivity contribution >= 4 is 29.0 Å². The Morgan fingerprint density at radius 2 is 1.60 bits per heavy atom. The highest BCUT2D eigenvalue weighted by atomic mass is 16.2. The molecular weight excluding hydrogens is 316 g/mol. The summed E-state index contributed by atoms with van der Waals surface area (Å²) in [4.78, 5) is 40.6. The quantitative estimate of drug-likeness (QED) is 0.866. The van der Waals surface area contributed by atoms with Crippen LogP contribution in [0, 0.1) is 5.92 Å². The van der Waals surface area contributed by atoms with E-state index in [1.54, 1.807) is 36.1 Å². The van der Waals surface area contributed by atoms with Gasteiger partial charge >= 0.3 is 0 Å². The van der Waals surface area contributed by atoms with Gasteiger partial charge in [0.25, 0.3) is 5.91 Å². The number of anilines is 2. The second kappa shape index (κ2) is 6.89. The molecule has 1 aliphatic rings. The van der Waals surface area contributed by atoms with E-state index in [2.05, 4.69) is 0 Å². The van der Waals surface area contributed by atoms with Crippen molar-refractivity contribution in [3.8, 4) is 0 Å². The molecule has 0 radical (unpaired) electrons. The molecule has 2 amide bonds. The highest BCUT2D eigenvalue weighted by Crippen LogP contribution is 2.34. The van der Waals surface area contributed by atoms with Crippen molar-refractivity contribution < 1.29 is 14.4 Å². The van der Waals surface area contributed by atoms with Gasteiger partial charge in [0.1, 0.15) is 5.78 Å². The van der Waals surface area contributed by atoms with Gasteiger partial charge in [-0.2, -0.15) is 0 Å². The number of benzene rings is 2. The molecule has 1 heterocycles. The molecular formula is C20H20N2O3. The minimum Gasteiger partial charge on any atom is -0.306 e. The number of hydrogen-bond donors (Lipinski definition) is 0. The van der Waals surface area contributed by atoms with E-state index in [4.69, 9.17) is 0 Å². The van der Waals surface area contributed by atoms with Gasteiger partial charge in [0, 0.05) is 12.1 Å². The van der Waals surface area contributed by atoms with E-state index in [9.17, 15) is 14.4 Å². The lowest BCUT2D eigenvalue weighted by molar-refractivity contribution is -0.124. The van der Waals surface area contributed by atoms with Crippen LogP contribution in [0.3, 0.4) is 0 Å². The molecule has 3 rings (SSSR count). The van der Waals surface area contributed by atoms with Crippen LogP contribution >= 0.6 is 0 Å². The van der Waals surface area contributed by atoms with E-state index in [0.29, 0.717) is 16.9 Å². The Balaban J connectivity index is 2.09. The number of fused-ring (bicyclic) bond motifs is 1. The van der Waals surface area contributed by atoms with Crippen LogP contribution in [0.25, 0.3) is 0 Å². The molecule has 0 aromatic heterocycles. The van der Waals surface area contributed by atoms with Crippen molar-refractivity contribution in [2.75, 3.05) is 22.9 Å². The first-order valence-electron chi connectivity index (χ1n) is 8.26. The topological polar surface area (TPSA) is 57.7 Å². The van der Waals surface area contributed by atoms with Gasteiger partial charge < -0.3 is 9.80 Å². The van der Waals surface area contributed by atoms with Crippen molar-refractivity contribution in [3.05, 3.63) is 60.2 Å². The van der Waals surface area contributed by atoms with Crippen molar-refractivity contribution in [1.82, 2.24) is 0 Å². The molecule has 128 valence electrons. The summed E-state index contributed by atoms with van der Waals surface area (Å²) in [5, 5.41) is 0. The zero-order valence-corrected chi connectivity index (χ0v) is 14.3. The molecule has 0 saturated heterocycles. The molecule has 1 atom stereocenters. The van der Waals surface area contributed by atoms with E-state index in [-0.39, 0.29) is 30.7 Å². The first-order valence-corrected chi connectivity index (χ1v) is 8.26. The Kier molecular flexibility index (Phi) is 4.65. The third-order valence-corrected chi connectivity index (χ3v) is 4.25. The van der Waals surface area contributed by atoms with E-state index >= 15 is 0 Å². The smallest absolute Gasteiger partial charge is 0.258 e. The van der Waals surface area contributed by atoms with E-state index in [1.807, 2.05) is 30.3 Å². The molecule has 0 bridgehead atoms. The zero-order chi connectivity index (χ0) is 18.0. The van der Waals surface area contributed by atoms with Crippen LogP contribution in [0.1, 0.15) is 24.2 Å². The van der Waals surface area contributed by atoms with E-state index in [0.717, 1.165) is 0 Å². The molecule has 2 aromatic carbocycles. The van der Waals surface area contributed by atoms with Crippen LogP contribution in [-0.4, -0.2) is 30.7 Å². The van der Waals surface area contributed by atoms with Crippen LogP contribution in [-0.2, 0) is 9.59 Å². The minimum absolute atomic E-state index is 0.00749. The highest BCUT2D eigenvalue weighted by Gasteiger charge is 2.34. The fraction of sp³-hybridized carbons (Fsp3) is 0.250. The predicted octanol–water partition coefficient (Wildman–Crippen LogP) is 2.91. The molecule has 0 fully saturated rings. The molecule has 0 aliphatic carbocycles. The number of para-hydroxylation sites is 2. The molecule has 2 aromatic rings. The summed E-state index contributed by atoms with van der Waals surface area (Å²) in [5.74, 6) is -0.805. The lowest BCUT2D eigenvalue weighted by Gasteiger charge is -2.25. The molecule has 5 heteroatoms. The molecule has 1 unspecified atom stereocenters. The number of amides is 2. The fourth-order valence-electron chi connectivity index (χ4n) is 3.07. The molecule has 0 N–H and O–H groups in total. The molecule has 5 nitrogen and oxygen atoms in total. The fourth-order valence-corrected chi connectivity index (χ4v) is 3.07. The first-order chi connectivity index (χ1) is 12.0. The average molecular weight is 336 g/mol. The lowest BCUT2D eigenvalue weighted by atomic mass is 10.1. The van der Waals surface area contributed by atoms with Gasteiger partial charge in [-0.1, -0.05) is 37.3 Å². The average Bonchev–Trinajstić information content (AvgIpc) is 2.72. The van der Waals surface area contributed by atoms with Crippen LogP contribution < -0.4 is 9.80 Å². The van der Waals surface area contributed by atoms with Crippen molar-refractivity contribution in [2.45, 2.75) is 13.8 Å². The summed E-state index contributed by atoms with van der Waals surface area (Å²) in [5.41, 5.74) is 1.81. The minimum atomic E-state index is -0.403. The standard InChI is InChI=1S/C20H20N2O3/c1-14-12-21(20(25)16-8-4-3-5-9-16)17-10-6-7-11-18(17)22(19(14)24)13-15(2)23/h3-11,14H,12-13H2,1-2H3. The van der Waals surface area contributed by atoms with Gasteiger partial charge in [-0.05, 0) is 31.2 Å². The van der Waals surface area contributed by atoms with Crippen LogP contribution in [0.4, 0.5) is 11.4 Å². The Morgan fingerprint density at radius 3 is 2.24 bits per heavy atom. The summed E-state index contributed by atoms with van der Waals surface area (Å²) in [6.07, 6.45) is 0. The maximum Gasteiger partial charge on any atom is 0.258 e. The van der Waals surface area contributed by atoms with Crippen molar-refractivity contribution in [2.24, 2.45) is 5.92 Å². The number of nitrogens with zero attached hydrogens (tertiary/aromatic N) is 2. The number of rotatable bonds is 3. The SMILES string of the molecule is CC(=O)CN1C(=O)C(C)CN(C(=O)c2ccccc2)c2ccccc21. The third-order valence-electron chi connectivity index (χ3n) is 4.25. The number of ketones is 1. The van der Waals surface area contributed by atoms with Crippen molar-refractivity contribution in [3.63, 3.8) is 0 Å². The molecule has 1 aliphatic heterocycles. The van der Waals surface area contributed by atoms with E-state index < -0.39 is 5.92 Å². The summed E-state index contributed by atoms with van der Waals surface area (Å²) in [6, 6.07) is 16.2. The Bertz CT molecular complexity index is 817.